The van der Waals surface area contributed by atoms with Crippen molar-refractivity contribution in [2.75, 3.05) is 13.1 Å². The highest BCUT2D eigenvalue weighted by atomic mass is 15.1. The van der Waals surface area contributed by atoms with Crippen LogP contribution in [0, 0.1) is 5.92 Å². The third kappa shape index (κ3) is 2.71. The molecule has 0 amide bonds. The van der Waals surface area contributed by atoms with Gasteiger partial charge in [-0.3, -0.25) is 0 Å². The molecule has 1 aromatic heterocycles. The molecule has 19 heavy (non-hydrogen) atoms. The fourth-order valence-corrected chi connectivity index (χ4v) is 4.06. The van der Waals surface area contributed by atoms with Gasteiger partial charge in [0.1, 0.15) is 0 Å². The van der Waals surface area contributed by atoms with Crippen LogP contribution in [0.5, 0.6) is 0 Å². The van der Waals surface area contributed by atoms with E-state index < -0.39 is 0 Å². The molecule has 1 saturated carbocycles. The molecule has 2 fully saturated rings. The molecule has 2 unspecified atom stereocenters. The Morgan fingerprint density at radius 1 is 1.21 bits per heavy atom. The van der Waals surface area contributed by atoms with E-state index in [1.165, 1.54) is 50.6 Å². The first-order chi connectivity index (χ1) is 9.40. The van der Waals surface area contributed by atoms with Gasteiger partial charge in [-0.05, 0) is 44.7 Å². The topological polar surface area (TPSA) is 29.9 Å². The average molecular weight is 261 g/mol. The van der Waals surface area contributed by atoms with Crippen molar-refractivity contribution >= 4 is 0 Å². The predicted molar refractivity (Wildman–Crippen MR) is 78.4 cm³/mol. The van der Waals surface area contributed by atoms with Gasteiger partial charge < -0.3 is 9.88 Å². The van der Waals surface area contributed by atoms with Gasteiger partial charge in [-0.1, -0.05) is 26.2 Å². The zero-order valence-corrected chi connectivity index (χ0v) is 12.1. The van der Waals surface area contributed by atoms with Gasteiger partial charge in [0.15, 0.2) is 0 Å². The average Bonchev–Trinajstić information content (AvgIpc) is 2.97. The van der Waals surface area contributed by atoms with E-state index in [1.807, 2.05) is 0 Å². The third-order valence-electron chi connectivity index (χ3n) is 5.20. The normalized spacial score (nSPS) is 29.5. The molecule has 3 rings (SSSR count). The Morgan fingerprint density at radius 2 is 2.00 bits per heavy atom. The second-order valence-electron chi connectivity index (χ2n) is 6.27. The molecule has 3 nitrogen and oxygen atoms in total. The third-order valence-corrected chi connectivity index (χ3v) is 5.20. The Hall–Kier alpha value is -0.830. The van der Waals surface area contributed by atoms with E-state index in [4.69, 9.17) is 0 Å². The highest BCUT2D eigenvalue weighted by Crippen LogP contribution is 2.38. The van der Waals surface area contributed by atoms with E-state index in [0.29, 0.717) is 6.04 Å². The number of hydrogen-bond acceptors (Lipinski definition) is 2. The van der Waals surface area contributed by atoms with Gasteiger partial charge in [-0.15, -0.1) is 0 Å². The first kappa shape index (κ1) is 13.2. The van der Waals surface area contributed by atoms with Gasteiger partial charge in [0, 0.05) is 23.9 Å². The molecule has 0 aromatic carbocycles. The fourth-order valence-electron chi connectivity index (χ4n) is 4.06. The smallest absolute Gasteiger partial charge is 0.0950 e. The van der Waals surface area contributed by atoms with E-state index in [9.17, 15) is 0 Å². The second-order valence-corrected chi connectivity index (χ2v) is 6.27. The molecular weight excluding hydrogens is 234 g/mol. The summed E-state index contributed by atoms with van der Waals surface area (Å²) in [7, 11) is 0. The molecule has 2 heterocycles. The van der Waals surface area contributed by atoms with Crippen molar-refractivity contribution < 1.29 is 0 Å². The summed E-state index contributed by atoms with van der Waals surface area (Å²) in [6.45, 7) is 4.68. The summed E-state index contributed by atoms with van der Waals surface area (Å²) < 4.78 is 2.54. The lowest BCUT2D eigenvalue weighted by atomic mass is 9.82. The van der Waals surface area contributed by atoms with E-state index in [0.717, 1.165) is 24.9 Å². The van der Waals surface area contributed by atoms with Gasteiger partial charge in [0.25, 0.3) is 0 Å². The monoisotopic (exact) mass is 261 g/mol. The lowest BCUT2D eigenvalue weighted by molar-refractivity contribution is 0.225. The standard InChI is InChI=1S/C16H27N3/c1-2-13-5-3-4-6-15(13)19-12-18-11-16(19)14-7-9-17-10-8-14/h11-15,17H,2-10H2,1H3. The molecule has 1 saturated heterocycles. The maximum Gasteiger partial charge on any atom is 0.0950 e. The number of nitrogens with one attached hydrogen (secondary N) is 1. The van der Waals surface area contributed by atoms with E-state index in [-0.39, 0.29) is 0 Å². The van der Waals surface area contributed by atoms with Crippen LogP contribution in [0.25, 0.3) is 0 Å². The van der Waals surface area contributed by atoms with Crippen LogP contribution in [0.15, 0.2) is 12.5 Å². The Bertz CT molecular complexity index is 392. The maximum atomic E-state index is 4.48. The SMILES string of the molecule is CCC1CCCCC1n1cncc1C1CCNCC1. The van der Waals surface area contributed by atoms with Crippen LogP contribution in [-0.4, -0.2) is 22.6 Å². The number of aromatic nitrogens is 2. The molecule has 1 N–H and O–H groups in total. The van der Waals surface area contributed by atoms with Crippen molar-refractivity contribution in [2.45, 2.75) is 63.8 Å². The van der Waals surface area contributed by atoms with Crippen molar-refractivity contribution in [1.29, 1.82) is 0 Å². The lowest BCUT2D eigenvalue weighted by Gasteiger charge is -2.34. The molecule has 0 bridgehead atoms. The highest BCUT2D eigenvalue weighted by molar-refractivity contribution is 5.10. The highest BCUT2D eigenvalue weighted by Gasteiger charge is 2.28. The summed E-state index contributed by atoms with van der Waals surface area (Å²) in [5, 5.41) is 3.47. The molecule has 1 aliphatic heterocycles. The van der Waals surface area contributed by atoms with Crippen LogP contribution in [0.2, 0.25) is 0 Å². The maximum absolute atomic E-state index is 4.48. The van der Waals surface area contributed by atoms with E-state index in [1.54, 1.807) is 0 Å². The van der Waals surface area contributed by atoms with Crippen molar-refractivity contribution in [3.8, 4) is 0 Å². The minimum absolute atomic E-state index is 0.714. The van der Waals surface area contributed by atoms with E-state index in [2.05, 4.69) is 34.3 Å². The number of rotatable bonds is 3. The fraction of sp³-hybridized carbons (Fsp3) is 0.812. The van der Waals surface area contributed by atoms with Gasteiger partial charge >= 0.3 is 0 Å². The zero-order valence-electron chi connectivity index (χ0n) is 12.1. The van der Waals surface area contributed by atoms with Crippen molar-refractivity contribution in [3.63, 3.8) is 0 Å². The van der Waals surface area contributed by atoms with Crippen molar-refractivity contribution in [2.24, 2.45) is 5.92 Å². The van der Waals surface area contributed by atoms with Crippen molar-refractivity contribution in [1.82, 2.24) is 14.9 Å². The van der Waals surface area contributed by atoms with Gasteiger partial charge in [0.05, 0.1) is 6.33 Å². The lowest BCUT2D eigenvalue weighted by Crippen LogP contribution is -2.29. The van der Waals surface area contributed by atoms with E-state index >= 15 is 0 Å². The number of nitrogens with zero attached hydrogens (tertiary/aromatic N) is 2. The second kappa shape index (κ2) is 6.08. The molecule has 1 aliphatic carbocycles. The summed E-state index contributed by atoms with van der Waals surface area (Å²) in [6, 6.07) is 0.714. The Balaban J connectivity index is 1.81. The van der Waals surface area contributed by atoms with Crippen LogP contribution in [-0.2, 0) is 0 Å². The van der Waals surface area contributed by atoms with Gasteiger partial charge in [-0.25, -0.2) is 4.98 Å². The summed E-state index contributed by atoms with van der Waals surface area (Å²) in [4.78, 5) is 4.48. The Morgan fingerprint density at radius 3 is 2.79 bits per heavy atom. The summed E-state index contributed by atoms with van der Waals surface area (Å²) in [5.74, 6) is 1.59. The quantitative estimate of drug-likeness (QED) is 0.902. The molecule has 3 heteroatoms. The molecule has 2 atom stereocenters. The van der Waals surface area contributed by atoms with Crippen LogP contribution in [0.3, 0.4) is 0 Å². The van der Waals surface area contributed by atoms with Crippen LogP contribution >= 0.6 is 0 Å². The molecule has 0 radical (unpaired) electrons. The number of imidazole rings is 1. The molecule has 1 aromatic rings. The van der Waals surface area contributed by atoms with Gasteiger partial charge in [-0.2, -0.15) is 0 Å². The summed E-state index contributed by atoms with van der Waals surface area (Å²) in [5.41, 5.74) is 1.51. The predicted octanol–water partition coefficient (Wildman–Crippen LogP) is 3.49. The summed E-state index contributed by atoms with van der Waals surface area (Å²) in [6.07, 6.45) is 13.7. The summed E-state index contributed by atoms with van der Waals surface area (Å²) >= 11 is 0. The van der Waals surface area contributed by atoms with Crippen LogP contribution in [0.1, 0.15) is 69.5 Å². The number of hydrogen-bond donors (Lipinski definition) is 1. The minimum atomic E-state index is 0.714. The molecule has 0 spiro atoms. The molecule has 2 aliphatic rings. The first-order valence-corrected chi connectivity index (χ1v) is 8.12. The largest absolute Gasteiger partial charge is 0.331 e. The van der Waals surface area contributed by atoms with Crippen LogP contribution < -0.4 is 5.32 Å². The number of piperidine rings is 1. The van der Waals surface area contributed by atoms with Crippen molar-refractivity contribution in [3.05, 3.63) is 18.2 Å². The zero-order chi connectivity index (χ0) is 13.1. The Labute approximate surface area is 116 Å². The Kier molecular flexibility index (Phi) is 4.21. The molecule has 106 valence electrons. The minimum Gasteiger partial charge on any atom is -0.331 e. The van der Waals surface area contributed by atoms with Gasteiger partial charge in [0.2, 0.25) is 0 Å². The van der Waals surface area contributed by atoms with Crippen LogP contribution in [0.4, 0.5) is 0 Å². The first-order valence-electron chi connectivity index (χ1n) is 8.12. The molecular formula is C16H27N3.